The lowest BCUT2D eigenvalue weighted by molar-refractivity contribution is -0.124. The van der Waals surface area contributed by atoms with Crippen LogP contribution in [0.5, 0.6) is 0 Å². The molecule has 0 radical (unpaired) electrons. The molecule has 4 aromatic heterocycles. The lowest BCUT2D eigenvalue weighted by Gasteiger charge is -2.29. The van der Waals surface area contributed by atoms with Crippen LogP contribution in [0.15, 0.2) is 68.5 Å². The molecule has 4 N–H and O–H groups in total. The maximum absolute atomic E-state index is 15.7. The third-order valence-corrected chi connectivity index (χ3v) is 17.3. The van der Waals surface area contributed by atoms with Gasteiger partial charge < -0.3 is 30.1 Å². The zero-order valence-electron chi connectivity index (χ0n) is 44.7. The number of fused-ring (bicyclic) bond motifs is 1. The molecule has 4 aromatic rings. The molecule has 8 nitrogen and oxygen atoms in total. The molecule has 6 rings (SSSR count). The Hall–Kier alpha value is -3.70. The number of nitrogens with zero attached hydrogens (tertiary/aromatic N) is 2. The van der Waals surface area contributed by atoms with Gasteiger partial charge in [-0.05, 0) is 114 Å². The molecule has 386 valence electrons. The van der Waals surface area contributed by atoms with E-state index in [0.29, 0.717) is 64.7 Å². The Kier molecular flexibility index (Phi) is 21.3. The van der Waals surface area contributed by atoms with Crippen molar-refractivity contribution in [2.24, 2.45) is 23.3 Å². The van der Waals surface area contributed by atoms with E-state index in [4.69, 9.17) is 20.3 Å². The number of thiophene rings is 2. The molecule has 0 aliphatic carbocycles. The van der Waals surface area contributed by atoms with Crippen molar-refractivity contribution in [3.63, 3.8) is 0 Å². The molecule has 0 spiro atoms. The Morgan fingerprint density at radius 2 is 0.843 bits per heavy atom. The predicted molar refractivity (Wildman–Crippen MR) is 296 cm³/mol. The summed E-state index contributed by atoms with van der Waals surface area (Å²) in [5.74, 6) is 2.73. The zero-order chi connectivity index (χ0) is 50.3. The maximum Gasteiger partial charge on any atom is 0.261 e. The third kappa shape index (κ3) is 14.7. The highest BCUT2D eigenvalue weighted by Gasteiger charge is 2.51. The number of unbranched alkanes of at least 4 members (excludes halogenated alkanes) is 16. The van der Waals surface area contributed by atoms with Gasteiger partial charge >= 0.3 is 0 Å². The van der Waals surface area contributed by atoms with Crippen molar-refractivity contribution in [3.8, 4) is 20.4 Å². The smallest absolute Gasteiger partial charge is 0.261 e. The van der Waals surface area contributed by atoms with E-state index >= 15 is 9.59 Å². The molecular weight excluding hydrogens is 905 g/mol. The van der Waals surface area contributed by atoms with E-state index in [0.717, 1.165) is 71.8 Å². The normalized spacial score (nSPS) is 15.4. The highest BCUT2D eigenvalue weighted by atomic mass is 32.1. The van der Waals surface area contributed by atoms with Crippen LogP contribution in [0.25, 0.3) is 31.8 Å². The van der Waals surface area contributed by atoms with E-state index < -0.39 is 11.1 Å². The molecular formula is C60H90N4O4S2. The second-order valence-electron chi connectivity index (χ2n) is 21.9. The maximum atomic E-state index is 15.7. The van der Waals surface area contributed by atoms with Gasteiger partial charge in [-0.3, -0.25) is 9.59 Å². The Balaban J connectivity index is 1.43. The fourth-order valence-electron chi connectivity index (χ4n) is 10.4. The molecule has 0 saturated carbocycles. The summed E-state index contributed by atoms with van der Waals surface area (Å²) < 4.78 is 13.6. The first-order valence-electron chi connectivity index (χ1n) is 27.8. The van der Waals surface area contributed by atoms with Gasteiger partial charge in [-0.2, -0.15) is 0 Å². The van der Waals surface area contributed by atoms with Crippen molar-refractivity contribution in [1.82, 2.24) is 9.80 Å². The Morgan fingerprint density at radius 3 is 1.29 bits per heavy atom. The van der Waals surface area contributed by atoms with Gasteiger partial charge in [0.25, 0.3) is 11.8 Å². The highest BCUT2D eigenvalue weighted by Crippen LogP contribution is 2.49. The Morgan fingerprint density at radius 1 is 0.457 bits per heavy atom. The summed E-state index contributed by atoms with van der Waals surface area (Å²) in [6, 6.07) is 16.4. The molecule has 6 heterocycles. The molecule has 0 fully saturated rings. The van der Waals surface area contributed by atoms with E-state index in [-0.39, 0.29) is 11.8 Å². The van der Waals surface area contributed by atoms with Crippen LogP contribution in [0.1, 0.15) is 232 Å². The molecule has 70 heavy (non-hydrogen) atoms. The number of hydrogen-bond donors (Lipinski definition) is 2. The molecule has 10 heteroatoms. The van der Waals surface area contributed by atoms with Crippen LogP contribution in [-0.4, -0.2) is 34.7 Å². The quantitative estimate of drug-likeness (QED) is 0.0450. The van der Waals surface area contributed by atoms with Gasteiger partial charge in [0.15, 0.2) is 11.5 Å². The zero-order valence-corrected chi connectivity index (χ0v) is 46.3. The predicted octanol–water partition coefficient (Wildman–Crippen LogP) is 17.2. The molecule has 2 amide bonds. The third-order valence-electron chi connectivity index (χ3n) is 14.6. The van der Waals surface area contributed by atoms with Gasteiger partial charge in [0.1, 0.15) is 22.9 Å². The lowest BCUT2D eigenvalue weighted by atomic mass is 9.93. The van der Waals surface area contributed by atoms with Crippen molar-refractivity contribution < 1.29 is 18.4 Å². The van der Waals surface area contributed by atoms with Crippen molar-refractivity contribution in [3.05, 3.63) is 81.8 Å². The first-order valence-corrected chi connectivity index (χ1v) is 29.4. The molecule has 0 aromatic carbocycles. The number of nitrogens with two attached hydrogens (primary N) is 2. The number of carbonyl (C=O) groups excluding carboxylic acids is 2. The van der Waals surface area contributed by atoms with E-state index in [1.165, 1.54) is 108 Å². The van der Waals surface area contributed by atoms with E-state index in [2.05, 4.69) is 52.0 Å². The number of rotatable bonds is 34. The van der Waals surface area contributed by atoms with Gasteiger partial charge in [-0.1, -0.05) is 156 Å². The molecule has 2 aliphatic rings. The minimum Gasteiger partial charge on any atom is -0.458 e. The lowest BCUT2D eigenvalue weighted by Crippen LogP contribution is -2.35. The summed E-state index contributed by atoms with van der Waals surface area (Å²) in [7, 11) is 0. The first-order chi connectivity index (χ1) is 33.7. The van der Waals surface area contributed by atoms with Crippen LogP contribution >= 0.6 is 22.7 Å². The van der Waals surface area contributed by atoms with Crippen LogP contribution in [0.2, 0.25) is 0 Å². The summed E-state index contributed by atoms with van der Waals surface area (Å²) in [6.45, 7) is 18.1. The Labute approximate surface area is 431 Å². The minimum absolute atomic E-state index is 0.134. The molecule has 2 atom stereocenters. The SMILES string of the molecule is CCCCCCCCC(CCCCCC)CN1C(=O)C2=C(c3ccc(C(C)(C)N)o3)N(CC(CCCCCC)CCCCCCCC)C(=O)C2=C1c1ccc(-c2ccc(-c3ccc(C(C)(C)N)s3)s2)o1. The summed E-state index contributed by atoms with van der Waals surface area (Å²) >= 11 is 3.40. The number of amides is 2. The molecule has 2 unspecified atom stereocenters. The monoisotopic (exact) mass is 995 g/mol. The van der Waals surface area contributed by atoms with Gasteiger partial charge in [0, 0.05) is 33.3 Å². The summed E-state index contributed by atoms with van der Waals surface area (Å²) in [5, 5.41) is 0. The number of furan rings is 2. The van der Waals surface area contributed by atoms with Crippen LogP contribution in [0.4, 0.5) is 0 Å². The largest absolute Gasteiger partial charge is 0.458 e. The minimum atomic E-state index is -0.743. The highest BCUT2D eigenvalue weighted by molar-refractivity contribution is 7.23. The van der Waals surface area contributed by atoms with Crippen LogP contribution in [0, 0.1) is 11.8 Å². The van der Waals surface area contributed by atoms with E-state index in [1.807, 2.05) is 61.8 Å². The van der Waals surface area contributed by atoms with Gasteiger partial charge in [-0.15, -0.1) is 22.7 Å². The van der Waals surface area contributed by atoms with Crippen LogP contribution < -0.4 is 11.5 Å². The van der Waals surface area contributed by atoms with Gasteiger partial charge in [0.2, 0.25) is 0 Å². The summed E-state index contributed by atoms with van der Waals surface area (Å²) in [5.41, 5.74) is 14.0. The number of hydrogen-bond acceptors (Lipinski definition) is 8. The first kappa shape index (κ1) is 55.6. The van der Waals surface area contributed by atoms with Gasteiger partial charge in [-0.25, -0.2) is 0 Å². The molecule has 0 saturated heterocycles. The van der Waals surface area contributed by atoms with Crippen LogP contribution in [-0.2, 0) is 20.7 Å². The van der Waals surface area contributed by atoms with E-state index in [9.17, 15) is 0 Å². The standard InChI is InChI=1S/C60H90N4O4S2/c1-9-13-17-21-23-27-31-43(29-25-19-15-11-3)41-63-55(46-34-33-45(67-46)48-36-37-49(69-48)50-38-40-52(70-50)60(7,8)62)53-54(58(63)66)56(47-35-39-51(68-47)59(5,6)61)64(57(53)65)42-44(30-26-20-16-12-4)32-28-24-22-18-14-10-2/h33-40,43-44H,9-32,41-42,61-62H2,1-8H3. The molecule has 0 bridgehead atoms. The average Bonchev–Trinajstić information content (AvgIpc) is 4.19. The second-order valence-corrected chi connectivity index (χ2v) is 24.1. The molecule has 2 aliphatic heterocycles. The second kappa shape index (κ2) is 26.8. The van der Waals surface area contributed by atoms with Crippen molar-refractivity contribution in [2.75, 3.05) is 13.1 Å². The van der Waals surface area contributed by atoms with E-state index in [1.54, 1.807) is 22.7 Å². The average molecular weight is 996 g/mol. The van der Waals surface area contributed by atoms with Crippen molar-refractivity contribution in [1.29, 1.82) is 0 Å². The fraction of sp³-hybridized carbons (Fsp3) is 0.633. The topological polar surface area (TPSA) is 119 Å². The van der Waals surface area contributed by atoms with Crippen molar-refractivity contribution >= 4 is 45.9 Å². The number of carbonyl (C=O) groups is 2. The fourth-order valence-corrected chi connectivity index (χ4v) is 12.5. The summed E-state index contributed by atoms with van der Waals surface area (Å²) in [4.78, 5) is 39.7. The summed E-state index contributed by atoms with van der Waals surface area (Å²) in [6.07, 6.45) is 28.4. The Bertz CT molecular complexity index is 2310. The van der Waals surface area contributed by atoms with Gasteiger partial charge in [0.05, 0.1) is 21.6 Å². The van der Waals surface area contributed by atoms with Crippen molar-refractivity contribution in [2.45, 2.75) is 221 Å². The van der Waals surface area contributed by atoms with Crippen LogP contribution in [0.3, 0.4) is 0 Å².